The average Bonchev–Trinajstić information content (AvgIpc) is 3.14. The molecule has 5 N–H and O–H groups in total. The van der Waals surface area contributed by atoms with Crippen LogP contribution in [0, 0.1) is 5.82 Å². The fourth-order valence-corrected chi connectivity index (χ4v) is 3.51. The number of hydrogen-bond acceptors (Lipinski definition) is 7. The van der Waals surface area contributed by atoms with Gasteiger partial charge in [0.05, 0.1) is 10.4 Å². The number of benzene rings is 1. The van der Waals surface area contributed by atoms with Crippen LogP contribution in [0.1, 0.15) is 23.3 Å². The van der Waals surface area contributed by atoms with E-state index in [0.29, 0.717) is 40.0 Å². The maximum Gasteiger partial charge on any atom is 0.303 e. The molecular formula is C23H19ClFN5O4. The fraction of sp³-hybridized carbons (Fsp3) is 0.130. The summed E-state index contributed by atoms with van der Waals surface area (Å²) in [4.78, 5) is 31.5. The van der Waals surface area contributed by atoms with Gasteiger partial charge in [-0.3, -0.25) is 19.6 Å². The topological polar surface area (TPSA) is 143 Å². The maximum absolute atomic E-state index is 13.5. The van der Waals surface area contributed by atoms with Crippen LogP contribution in [0.5, 0.6) is 0 Å². The van der Waals surface area contributed by atoms with Gasteiger partial charge < -0.3 is 25.9 Å². The number of carboxylic acid groups (broad SMARTS) is 1. The van der Waals surface area contributed by atoms with Crippen LogP contribution in [0.3, 0.4) is 0 Å². The normalized spacial score (nSPS) is 10.9. The number of aromatic nitrogens is 2. The molecule has 1 amide bonds. The molecule has 0 aliphatic carbocycles. The first-order chi connectivity index (χ1) is 16.3. The van der Waals surface area contributed by atoms with Crippen molar-refractivity contribution >= 4 is 51.7 Å². The Morgan fingerprint density at radius 1 is 1.15 bits per heavy atom. The van der Waals surface area contributed by atoms with E-state index in [1.165, 1.54) is 24.4 Å². The molecule has 0 aliphatic rings. The number of halogens is 2. The van der Waals surface area contributed by atoms with Gasteiger partial charge in [0.1, 0.15) is 22.9 Å². The van der Waals surface area contributed by atoms with Crippen molar-refractivity contribution in [2.45, 2.75) is 12.8 Å². The molecule has 4 rings (SSSR count). The van der Waals surface area contributed by atoms with E-state index < -0.39 is 17.7 Å². The molecule has 0 radical (unpaired) electrons. The SMILES string of the molecule is Nc1oc2c(-c3ccnc(C(=O)NCCCC(=O)O)c3)nccc2c1Nc1ccc(F)c(Cl)c1. The van der Waals surface area contributed by atoms with E-state index in [-0.39, 0.29) is 29.6 Å². The summed E-state index contributed by atoms with van der Waals surface area (Å²) >= 11 is 5.87. The number of carbonyl (C=O) groups is 2. The monoisotopic (exact) mass is 483 g/mol. The summed E-state index contributed by atoms with van der Waals surface area (Å²) in [6, 6.07) is 9.13. The first-order valence-electron chi connectivity index (χ1n) is 10.2. The Bertz CT molecular complexity index is 1390. The zero-order valence-electron chi connectivity index (χ0n) is 17.6. The van der Waals surface area contributed by atoms with Crippen LogP contribution in [0.4, 0.5) is 21.6 Å². The summed E-state index contributed by atoms with van der Waals surface area (Å²) in [5.41, 5.74) is 8.62. The number of furan rings is 1. The molecule has 0 fully saturated rings. The van der Waals surface area contributed by atoms with E-state index in [2.05, 4.69) is 20.6 Å². The summed E-state index contributed by atoms with van der Waals surface area (Å²) in [7, 11) is 0. The Kier molecular flexibility index (Phi) is 6.60. The Balaban J connectivity index is 1.62. The smallest absolute Gasteiger partial charge is 0.303 e. The van der Waals surface area contributed by atoms with Gasteiger partial charge in [-0.2, -0.15) is 0 Å². The number of anilines is 3. The van der Waals surface area contributed by atoms with Gasteiger partial charge in [0, 0.05) is 36.6 Å². The van der Waals surface area contributed by atoms with Crippen LogP contribution in [0.2, 0.25) is 5.02 Å². The van der Waals surface area contributed by atoms with Crippen LogP contribution in [0.25, 0.3) is 22.2 Å². The third-order valence-corrected chi connectivity index (χ3v) is 5.23. The number of nitrogens with zero attached hydrogens (tertiary/aromatic N) is 2. The molecule has 0 spiro atoms. The van der Waals surface area contributed by atoms with Crippen molar-refractivity contribution in [3.63, 3.8) is 0 Å². The number of carbonyl (C=O) groups excluding carboxylic acids is 1. The maximum atomic E-state index is 13.5. The molecule has 3 aromatic heterocycles. The van der Waals surface area contributed by atoms with Gasteiger partial charge in [-0.25, -0.2) is 4.39 Å². The lowest BCUT2D eigenvalue weighted by Crippen LogP contribution is -2.25. The predicted molar refractivity (Wildman–Crippen MR) is 126 cm³/mol. The van der Waals surface area contributed by atoms with Crippen molar-refractivity contribution in [3.05, 3.63) is 65.3 Å². The molecule has 0 bridgehead atoms. The molecule has 1 aromatic carbocycles. The number of nitrogen functional groups attached to an aromatic ring is 1. The summed E-state index contributed by atoms with van der Waals surface area (Å²) in [5, 5.41) is 15.0. The van der Waals surface area contributed by atoms with E-state index in [0.717, 1.165) is 0 Å². The minimum atomic E-state index is -0.928. The van der Waals surface area contributed by atoms with E-state index >= 15 is 0 Å². The second-order valence-electron chi connectivity index (χ2n) is 7.31. The van der Waals surface area contributed by atoms with Crippen LogP contribution in [0.15, 0.2) is 53.2 Å². The van der Waals surface area contributed by atoms with Crippen molar-refractivity contribution < 1.29 is 23.5 Å². The second kappa shape index (κ2) is 9.75. The van der Waals surface area contributed by atoms with Crippen molar-refractivity contribution in [2.24, 2.45) is 0 Å². The lowest BCUT2D eigenvalue weighted by Gasteiger charge is -2.07. The molecule has 4 aromatic rings. The number of hydrogen-bond donors (Lipinski definition) is 4. The quantitative estimate of drug-likeness (QED) is 0.266. The molecule has 3 heterocycles. The minimum absolute atomic E-state index is 0.0377. The van der Waals surface area contributed by atoms with Crippen LogP contribution < -0.4 is 16.4 Å². The van der Waals surface area contributed by atoms with Crippen molar-refractivity contribution in [2.75, 3.05) is 17.6 Å². The summed E-state index contributed by atoms with van der Waals surface area (Å²) in [6.45, 7) is 0.210. The number of rotatable bonds is 8. The first kappa shape index (κ1) is 23.0. The van der Waals surface area contributed by atoms with Gasteiger partial charge in [0.25, 0.3) is 5.91 Å². The molecule has 0 unspecified atom stereocenters. The van der Waals surface area contributed by atoms with Crippen LogP contribution >= 0.6 is 11.6 Å². The van der Waals surface area contributed by atoms with Crippen LogP contribution in [-0.2, 0) is 4.79 Å². The van der Waals surface area contributed by atoms with E-state index in [9.17, 15) is 14.0 Å². The third kappa shape index (κ3) is 4.91. The standard InChI is InChI=1S/C23H19ClFN5O4/c24-15-11-13(3-4-16(15)25)30-20-14-6-9-28-19(21(14)34-22(20)26)12-5-8-27-17(10-12)23(33)29-7-1-2-18(31)32/h3-6,8-11,30H,1-2,7,26H2,(H,29,33)(H,31,32). The number of nitrogens with one attached hydrogen (secondary N) is 2. The molecule has 0 atom stereocenters. The Morgan fingerprint density at radius 2 is 1.94 bits per heavy atom. The second-order valence-corrected chi connectivity index (χ2v) is 7.72. The van der Waals surface area contributed by atoms with Crippen molar-refractivity contribution in [1.82, 2.24) is 15.3 Å². The molecule has 0 saturated heterocycles. The van der Waals surface area contributed by atoms with E-state index in [1.807, 2.05) is 0 Å². The Hall–Kier alpha value is -4.18. The lowest BCUT2D eigenvalue weighted by molar-refractivity contribution is -0.137. The number of nitrogens with two attached hydrogens (primary N) is 1. The third-order valence-electron chi connectivity index (χ3n) is 4.94. The first-order valence-corrected chi connectivity index (χ1v) is 10.6. The van der Waals surface area contributed by atoms with Crippen molar-refractivity contribution in [3.8, 4) is 11.3 Å². The van der Waals surface area contributed by atoms with E-state index in [4.69, 9.17) is 26.9 Å². The average molecular weight is 484 g/mol. The largest absolute Gasteiger partial charge is 0.481 e. The summed E-state index contributed by atoms with van der Waals surface area (Å²) in [6.07, 6.45) is 3.30. The van der Waals surface area contributed by atoms with E-state index in [1.54, 1.807) is 24.4 Å². The highest BCUT2D eigenvalue weighted by Gasteiger charge is 2.18. The zero-order chi connectivity index (χ0) is 24.2. The summed E-state index contributed by atoms with van der Waals surface area (Å²) in [5.74, 6) is -1.81. The Labute approximate surface area is 197 Å². The molecule has 0 aliphatic heterocycles. The molecule has 34 heavy (non-hydrogen) atoms. The predicted octanol–water partition coefficient (Wildman–Crippen LogP) is 4.60. The van der Waals surface area contributed by atoms with Gasteiger partial charge in [0.15, 0.2) is 5.58 Å². The molecule has 174 valence electrons. The van der Waals surface area contributed by atoms with Gasteiger partial charge in [-0.05, 0) is 42.8 Å². The van der Waals surface area contributed by atoms with Gasteiger partial charge in [0.2, 0.25) is 5.88 Å². The number of pyridine rings is 2. The van der Waals surface area contributed by atoms with Crippen LogP contribution in [-0.4, -0.2) is 33.5 Å². The molecule has 11 heteroatoms. The number of fused-ring (bicyclic) bond motifs is 1. The highest BCUT2D eigenvalue weighted by molar-refractivity contribution is 6.31. The molecule has 0 saturated carbocycles. The number of carboxylic acids is 1. The number of aliphatic carboxylic acids is 1. The van der Waals surface area contributed by atoms with Crippen molar-refractivity contribution in [1.29, 1.82) is 0 Å². The zero-order valence-corrected chi connectivity index (χ0v) is 18.4. The summed E-state index contributed by atoms with van der Waals surface area (Å²) < 4.78 is 19.3. The molecule has 9 nitrogen and oxygen atoms in total. The Morgan fingerprint density at radius 3 is 2.71 bits per heavy atom. The molecular weight excluding hydrogens is 465 g/mol. The highest BCUT2D eigenvalue weighted by Crippen LogP contribution is 2.39. The minimum Gasteiger partial charge on any atom is -0.481 e. The number of amides is 1. The van der Waals surface area contributed by atoms with Gasteiger partial charge >= 0.3 is 5.97 Å². The van der Waals surface area contributed by atoms with Gasteiger partial charge in [-0.15, -0.1) is 0 Å². The van der Waals surface area contributed by atoms with Gasteiger partial charge in [-0.1, -0.05) is 11.6 Å². The highest BCUT2D eigenvalue weighted by atomic mass is 35.5. The lowest BCUT2D eigenvalue weighted by atomic mass is 10.1. The fourth-order valence-electron chi connectivity index (χ4n) is 3.33.